The topological polar surface area (TPSA) is 35.9 Å². The van der Waals surface area contributed by atoms with E-state index in [2.05, 4.69) is 70.5 Å². The Balaban J connectivity index is 1.67. The number of phenols is 1. The van der Waals surface area contributed by atoms with E-state index in [-0.39, 0.29) is 5.75 Å². The molecule has 0 unspecified atom stereocenters. The van der Waals surface area contributed by atoms with Gasteiger partial charge in [0.05, 0.1) is 0 Å². The van der Waals surface area contributed by atoms with E-state index in [1.807, 2.05) is 46.4 Å². The molecule has 1 aliphatic heterocycles. The van der Waals surface area contributed by atoms with Crippen LogP contribution < -0.4 is 14.5 Å². The maximum absolute atomic E-state index is 9.88. The monoisotopic (exact) mass is 436 g/mol. The summed E-state index contributed by atoms with van der Waals surface area (Å²) in [7, 11) is 8.17. The molecule has 1 heterocycles. The Labute approximate surface area is 195 Å². The molecule has 4 nitrogen and oxygen atoms in total. The van der Waals surface area contributed by atoms with Gasteiger partial charge in [0.25, 0.3) is 0 Å². The van der Waals surface area contributed by atoms with E-state index in [1.165, 1.54) is 0 Å². The van der Waals surface area contributed by atoms with Crippen molar-refractivity contribution in [3.05, 3.63) is 102 Å². The third-order valence-electron chi connectivity index (χ3n) is 6.39. The van der Waals surface area contributed by atoms with E-state index in [4.69, 9.17) is 4.74 Å². The number of fused-ring (bicyclic) bond motifs is 3. The molecule has 166 valence electrons. The van der Waals surface area contributed by atoms with Crippen LogP contribution in [0.15, 0.2) is 84.9 Å². The van der Waals surface area contributed by atoms with E-state index >= 15 is 0 Å². The van der Waals surface area contributed by atoms with Gasteiger partial charge in [0.2, 0.25) is 0 Å². The number of phenolic OH excluding ortho intramolecular Hbond substituents is 1. The molecule has 1 N–H and O–H groups in total. The third-order valence-corrected chi connectivity index (χ3v) is 6.39. The second kappa shape index (κ2) is 7.89. The summed E-state index contributed by atoms with van der Waals surface area (Å²) in [6.45, 7) is 0. The summed E-state index contributed by atoms with van der Waals surface area (Å²) in [4.78, 5) is 4.19. The van der Waals surface area contributed by atoms with Crippen molar-refractivity contribution in [3.63, 3.8) is 0 Å². The Morgan fingerprint density at radius 1 is 0.697 bits per heavy atom. The number of hydrogen-bond donors (Lipinski definition) is 1. The van der Waals surface area contributed by atoms with Crippen LogP contribution in [0.5, 0.6) is 11.5 Å². The normalized spacial score (nSPS) is 13.9. The quantitative estimate of drug-likeness (QED) is 0.424. The van der Waals surface area contributed by atoms with Crippen LogP contribution >= 0.6 is 0 Å². The van der Waals surface area contributed by atoms with Crippen LogP contribution in [0.3, 0.4) is 0 Å². The molecular weight excluding hydrogens is 408 g/mol. The summed E-state index contributed by atoms with van der Waals surface area (Å²) in [6.07, 6.45) is 4.30. The fraction of sp³-hybridized carbons (Fsp3) is 0.172. The van der Waals surface area contributed by atoms with E-state index < -0.39 is 5.60 Å². The van der Waals surface area contributed by atoms with Gasteiger partial charge in [-0.3, -0.25) is 0 Å². The molecule has 0 spiro atoms. The van der Waals surface area contributed by atoms with Crippen LogP contribution in [-0.2, 0) is 5.60 Å². The van der Waals surface area contributed by atoms with Gasteiger partial charge in [0.15, 0.2) is 5.60 Å². The molecule has 0 bridgehead atoms. The summed E-state index contributed by atoms with van der Waals surface area (Å²) in [5, 5.41) is 11.9. The molecule has 0 amide bonds. The van der Waals surface area contributed by atoms with Crippen molar-refractivity contribution in [2.45, 2.75) is 5.60 Å². The molecule has 4 aromatic carbocycles. The van der Waals surface area contributed by atoms with Gasteiger partial charge in [-0.1, -0.05) is 30.3 Å². The molecular formula is C29H28N2O2. The lowest BCUT2D eigenvalue weighted by molar-refractivity contribution is 0.161. The Morgan fingerprint density at radius 3 is 1.82 bits per heavy atom. The number of nitrogens with zero attached hydrogens (tertiary/aromatic N) is 2. The van der Waals surface area contributed by atoms with E-state index in [1.54, 1.807) is 12.1 Å². The Kier molecular flexibility index (Phi) is 5.01. The summed E-state index contributed by atoms with van der Waals surface area (Å²) in [5.41, 5.74) is 4.70. The summed E-state index contributed by atoms with van der Waals surface area (Å²) < 4.78 is 6.85. The highest BCUT2D eigenvalue weighted by atomic mass is 16.5. The first-order valence-electron chi connectivity index (χ1n) is 11.1. The minimum atomic E-state index is -0.743. The van der Waals surface area contributed by atoms with Crippen molar-refractivity contribution in [2.24, 2.45) is 0 Å². The predicted molar refractivity (Wildman–Crippen MR) is 138 cm³/mol. The van der Waals surface area contributed by atoms with Crippen LogP contribution in [0.2, 0.25) is 0 Å². The maximum atomic E-state index is 9.88. The zero-order valence-corrected chi connectivity index (χ0v) is 19.4. The molecule has 0 aromatic heterocycles. The van der Waals surface area contributed by atoms with Crippen molar-refractivity contribution in [1.29, 1.82) is 0 Å². The van der Waals surface area contributed by atoms with Gasteiger partial charge < -0.3 is 19.6 Å². The van der Waals surface area contributed by atoms with E-state index in [0.717, 1.165) is 44.6 Å². The number of rotatable bonds is 4. The SMILES string of the molecule is CN(C)c1ccc(C2(c3ccc(N(C)C)cc3)C=Cc3c(ccc4cc(O)ccc34)O2)cc1. The van der Waals surface area contributed by atoms with Crippen LogP contribution in [0.4, 0.5) is 11.4 Å². The zero-order chi connectivity index (χ0) is 23.2. The number of anilines is 2. The van der Waals surface area contributed by atoms with Gasteiger partial charge in [-0.15, -0.1) is 0 Å². The molecule has 0 atom stereocenters. The highest BCUT2D eigenvalue weighted by molar-refractivity contribution is 5.94. The summed E-state index contributed by atoms with van der Waals surface area (Å²) in [5.74, 6) is 1.09. The van der Waals surface area contributed by atoms with E-state index in [0.29, 0.717) is 0 Å². The Hall–Kier alpha value is -3.92. The lowest BCUT2D eigenvalue weighted by Crippen LogP contribution is -2.34. The molecule has 4 aromatic rings. The van der Waals surface area contributed by atoms with Gasteiger partial charge in [0, 0.05) is 56.3 Å². The highest BCUT2D eigenvalue weighted by Crippen LogP contribution is 2.45. The largest absolute Gasteiger partial charge is 0.508 e. The number of benzene rings is 4. The molecule has 4 heteroatoms. The van der Waals surface area contributed by atoms with Gasteiger partial charge in [-0.2, -0.15) is 0 Å². The first-order valence-corrected chi connectivity index (χ1v) is 11.1. The van der Waals surface area contributed by atoms with Gasteiger partial charge >= 0.3 is 0 Å². The maximum Gasteiger partial charge on any atom is 0.178 e. The van der Waals surface area contributed by atoms with Gasteiger partial charge in [-0.25, -0.2) is 0 Å². The molecule has 5 rings (SSSR count). The minimum absolute atomic E-state index is 0.263. The minimum Gasteiger partial charge on any atom is -0.508 e. The number of ether oxygens (including phenoxy) is 1. The van der Waals surface area contributed by atoms with Crippen molar-refractivity contribution >= 4 is 28.2 Å². The molecule has 0 radical (unpaired) electrons. The fourth-order valence-corrected chi connectivity index (χ4v) is 4.48. The van der Waals surface area contributed by atoms with Gasteiger partial charge in [0.1, 0.15) is 11.5 Å². The Morgan fingerprint density at radius 2 is 1.27 bits per heavy atom. The molecule has 1 aliphatic rings. The van der Waals surface area contributed by atoms with Gasteiger partial charge in [-0.05, 0) is 71.5 Å². The Bertz CT molecular complexity index is 1290. The summed E-state index contributed by atoms with van der Waals surface area (Å²) >= 11 is 0. The average molecular weight is 437 g/mol. The molecule has 0 aliphatic carbocycles. The zero-order valence-electron chi connectivity index (χ0n) is 19.4. The number of hydrogen-bond acceptors (Lipinski definition) is 4. The van der Waals surface area contributed by atoms with Crippen LogP contribution in [0.1, 0.15) is 16.7 Å². The number of aromatic hydroxyl groups is 1. The van der Waals surface area contributed by atoms with Crippen molar-refractivity contribution in [2.75, 3.05) is 38.0 Å². The second-order valence-corrected chi connectivity index (χ2v) is 8.94. The first-order chi connectivity index (χ1) is 15.9. The van der Waals surface area contributed by atoms with Crippen molar-refractivity contribution in [3.8, 4) is 11.5 Å². The average Bonchev–Trinajstić information content (AvgIpc) is 2.83. The van der Waals surface area contributed by atoms with E-state index in [9.17, 15) is 5.11 Å². The smallest absolute Gasteiger partial charge is 0.178 e. The molecule has 0 fully saturated rings. The van der Waals surface area contributed by atoms with Crippen molar-refractivity contribution in [1.82, 2.24) is 0 Å². The predicted octanol–water partition coefficient (Wildman–Crippen LogP) is 6.03. The summed E-state index contributed by atoms with van der Waals surface area (Å²) in [6, 6.07) is 26.5. The second-order valence-electron chi connectivity index (χ2n) is 8.94. The third kappa shape index (κ3) is 3.58. The molecule has 0 saturated carbocycles. The lowest BCUT2D eigenvalue weighted by atomic mass is 9.83. The van der Waals surface area contributed by atoms with Crippen LogP contribution in [-0.4, -0.2) is 33.3 Å². The van der Waals surface area contributed by atoms with Crippen LogP contribution in [0.25, 0.3) is 16.8 Å². The molecule has 0 saturated heterocycles. The van der Waals surface area contributed by atoms with Crippen molar-refractivity contribution < 1.29 is 9.84 Å². The lowest BCUT2D eigenvalue weighted by Gasteiger charge is -2.37. The fourth-order valence-electron chi connectivity index (χ4n) is 4.48. The van der Waals surface area contributed by atoms with Crippen LogP contribution in [0, 0.1) is 0 Å². The standard InChI is InChI=1S/C29H28N2O2/c1-30(2)23-10-6-21(7-11-23)29(22-8-12-24(13-9-22)31(3)4)18-17-27-26-15-14-25(32)19-20(26)5-16-28(27)33-29/h5-19,32H,1-4H3. The first kappa shape index (κ1) is 21.0. The molecule has 33 heavy (non-hydrogen) atoms. The highest BCUT2D eigenvalue weighted by Gasteiger charge is 2.37.